The van der Waals surface area contributed by atoms with Gasteiger partial charge in [0.25, 0.3) is 0 Å². The Morgan fingerprint density at radius 1 is 0.373 bits per heavy atom. The SMILES string of the molecule is c1ccc(-c2nc(-c3ccc4oc5ccc6ccccc6c5c4c3)nc(-c3ccccc3-c3cccc(-c4ccc5c(c4)C4(CCCCC4)c4ccccc4-5)c3)n2)cc1. The Morgan fingerprint density at radius 3 is 1.90 bits per heavy atom. The van der Waals surface area contributed by atoms with Crippen molar-refractivity contribution in [1.82, 2.24) is 15.0 Å². The summed E-state index contributed by atoms with van der Waals surface area (Å²) in [6.45, 7) is 0. The fraction of sp³-hybridized carbons (Fsp3) is 0.109. The Bertz CT molecular complexity index is 3260. The van der Waals surface area contributed by atoms with Gasteiger partial charge in [-0.15, -0.1) is 0 Å². The molecule has 280 valence electrons. The normalized spacial score (nSPS) is 14.2. The number of furan rings is 1. The first-order valence-electron chi connectivity index (χ1n) is 20.8. The van der Waals surface area contributed by atoms with Crippen LogP contribution in [-0.4, -0.2) is 15.0 Å². The molecule has 0 amide bonds. The van der Waals surface area contributed by atoms with E-state index in [9.17, 15) is 0 Å². The molecule has 2 aliphatic carbocycles. The standard InChI is InChI=1S/C55H39N3O/c1-3-15-36(16-4-1)52-56-53(40-26-28-49-46(33-40)51-42-20-6-5-14-35(42)25-29-50(51)59-49)58-54(57-52)45-22-8-7-19-41(45)39-18-13-17-37(32-39)38-24-27-44-43-21-9-10-23-47(43)55(48(44)34-38)30-11-2-12-31-55/h1,3-10,13-29,32-34H,2,11-12,30-31H2. The van der Waals surface area contributed by atoms with Gasteiger partial charge in [0.2, 0.25) is 0 Å². The zero-order valence-corrected chi connectivity index (χ0v) is 32.5. The van der Waals surface area contributed by atoms with Crippen LogP contribution < -0.4 is 0 Å². The van der Waals surface area contributed by atoms with Crippen LogP contribution in [0.5, 0.6) is 0 Å². The van der Waals surface area contributed by atoms with Gasteiger partial charge in [0.05, 0.1) is 0 Å². The minimum absolute atomic E-state index is 0.111. The maximum absolute atomic E-state index is 6.36. The Labute approximate surface area is 342 Å². The summed E-state index contributed by atoms with van der Waals surface area (Å²) in [7, 11) is 0. The summed E-state index contributed by atoms with van der Waals surface area (Å²) in [6.07, 6.45) is 6.32. The van der Waals surface area contributed by atoms with Crippen LogP contribution in [0.4, 0.5) is 0 Å². The van der Waals surface area contributed by atoms with Gasteiger partial charge in [-0.1, -0.05) is 159 Å². The Hall–Kier alpha value is -7.17. The van der Waals surface area contributed by atoms with Crippen LogP contribution in [0.2, 0.25) is 0 Å². The van der Waals surface area contributed by atoms with E-state index in [-0.39, 0.29) is 5.41 Å². The average Bonchev–Trinajstić information content (AvgIpc) is 3.82. The van der Waals surface area contributed by atoms with Crippen LogP contribution in [0, 0.1) is 0 Å². The monoisotopic (exact) mass is 757 g/mol. The van der Waals surface area contributed by atoms with Gasteiger partial charge in [-0.3, -0.25) is 0 Å². The predicted molar refractivity (Wildman–Crippen MR) is 241 cm³/mol. The molecule has 0 aliphatic heterocycles. The van der Waals surface area contributed by atoms with Crippen molar-refractivity contribution >= 4 is 32.7 Å². The van der Waals surface area contributed by atoms with Crippen molar-refractivity contribution < 1.29 is 4.42 Å². The second kappa shape index (κ2) is 13.5. The molecule has 4 heteroatoms. The highest BCUT2D eigenvalue weighted by Crippen LogP contribution is 2.56. The number of rotatable bonds is 5. The second-order valence-electron chi connectivity index (χ2n) is 16.2. The highest BCUT2D eigenvalue weighted by molar-refractivity contribution is 6.19. The van der Waals surface area contributed by atoms with Gasteiger partial charge in [-0.05, 0) is 105 Å². The maximum atomic E-state index is 6.36. The first-order chi connectivity index (χ1) is 29.2. The smallest absolute Gasteiger partial charge is 0.164 e. The number of hydrogen-bond acceptors (Lipinski definition) is 4. The molecule has 2 heterocycles. The van der Waals surface area contributed by atoms with Gasteiger partial charge in [-0.2, -0.15) is 0 Å². The van der Waals surface area contributed by atoms with Crippen molar-refractivity contribution in [2.75, 3.05) is 0 Å². The lowest BCUT2D eigenvalue weighted by Crippen LogP contribution is -2.28. The topological polar surface area (TPSA) is 51.8 Å². The number of fused-ring (bicyclic) bond motifs is 10. The largest absolute Gasteiger partial charge is 0.456 e. The third-order valence-corrected chi connectivity index (χ3v) is 12.9. The Balaban J connectivity index is 0.985. The summed E-state index contributed by atoms with van der Waals surface area (Å²) >= 11 is 0. The molecule has 1 spiro atoms. The van der Waals surface area contributed by atoms with Crippen LogP contribution in [0.25, 0.3) is 100 Å². The van der Waals surface area contributed by atoms with Gasteiger partial charge < -0.3 is 4.42 Å². The Morgan fingerprint density at radius 2 is 1.02 bits per heavy atom. The lowest BCUT2D eigenvalue weighted by Gasteiger charge is -2.36. The molecule has 8 aromatic carbocycles. The molecule has 0 atom stereocenters. The van der Waals surface area contributed by atoms with Crippen molar-refractivity contribution in [2.24, 2.45) is 0 Å². The molecule has 4 nitrogen and oxygen atoms in total. The van der Waals surface area contributed by atoms with Crippen molar-refractivity contribution in [3.05, 3.63) is 187 Å². The van der Waals surface area contributed by atoms with Gasteiger partial charge in [-0.25, -0.2) is 15.0 Å². The van der Waals surface area contributed by atoms with Gasteiger partial charge in [0.15, 0.2) is 17.5 Å². The molecule has 1 saturated carbocycles. The maximum Gasteiger partial charge on any atom is 0.164 e. The molecule has 0 bridgehead atoms. The lowest BCUT2D eigenvalue weighted by molar-refractivity contribution is 0.353. The quantitative estimate of drug-likeness (QED) is 0.175. The number of benzene rings is 8. The third-order valence-electron chi connectivity index (χ3n) is 12.9. The molecule has 0 saturated heterocycles. The molecule has 1 fully saturated rings. The summed E-state index contributed by atoms with van der Waals surface area (Å²) < 4.78 is 6.36. The lowest BCUT2D eigenvalue weighted by atomic mass is 9.67. The predicted octanol–water partition coefficient (Wildman–Crippen LogP) is 14.5. The minimum Gasteiger partial charge on any atom is -0.456 e. The minimum atomic E-state index is 0.111. The summed E-state index contributed by atoms with van der Waals surface area (Å²) in [5, 5.41) is 4.48. The molecular formula is C55H39N3O. The zero-order chi connectivity index (χ0) is 38.9. The van der Waals surface area contributed by atoms with Gasteiger partial charge in [0.1, 0.15) is 11.2 Å². The molecule has 0 radical (unpaired) electrons. The average molecular weight is 758 g/mol. The van der Waals surface area contributed by atoms with E-state index in [0.29, 0.717) is 17.5 Å². The van der Waals surface area contributed by atoms with E-state index in [2.05, 4.69) is 152 Å². The van der Waals surface area contributed by atoms with Crippen molar-refractivity contribution in [2.45, 2.75) is 37.5 Å². The van der Waals surface area contributed by atoms with Crippen molar-refractivity contribution in [3.8, 4) is 67.5 Å². The Kier molecular flexibility index (Phi) is 7.74. The van der Waals surface area contributed by atoms with Gasteiger partial charge >= 0.3 is 0 Å². The van der Waals surface area contributed by atoms with E-state index in [0.717, 1.165) is 55.1 Å². The summed E-state index contributed by atoms with van der Waals surface area (Å²) in [5.41, 5.74) is 15.1. The van der Waals surface area contributed by atoms with Crippen LogP contribution in [0.3, 0.4) is 0 Å². The van der Waals surface area contributed by atoms with E-state index in [4.69, 9.17) is 19.4 Å². The van der Waals surface area contributed by atoms with Crippen molar-refractivity contribution in [3.63, 3.8) is 0 Å². The molecular weight excluding hydrogens is 719 g/mol. The van der Waals surface area contributed by atoms with E-state index >= 15 is 0 Å². The van der Waals surface area contributed by atoms with Crippen LogP contribution in [0.1, 0.15) is 43.2 Å². The van der Waals surface area contributed by atoms with Crippen LogP contribution >= 0.6 is 0 Å². The van der Waals surface area contributed by atoms with E-state index in [1.807, 2.05) is 24.3 Å². The first kappa shape index (κ1) is 33.9. The fourth-order valence-corrected chi connectivity index (χ4v) is 10.2. The molecule has 10 aromatic rings. The third kappa shape index (κ3) is 5.47. The van der Waals surface area contributed by atoms with Crippen LogP contribution in [0.15, 0.2) is 180 Å². The molecule has 2 aliphatic rings. The number of nitrogens with zero attached hydrogens (tertiary/aromatic N) is 3. The van der Waals surface area contributed by atoms with E-state index in [1.54, 1.807) is 0 Å². The molecule has 59 heavy (non-hydrogen) atoms. The summed E-state index contributed by atoms with van der Waals surface area (Å²) in [6, 6.07) is 62.9. The summed E-state index contributed by atoms with van der Waals surface area (Å²) in [4.78, 5) is 15.5. The van der Waals surface area contributed by atoms with E-state index < -0.39 is 0 Å². The van der Waals surface area contributed by atoms with Crippen LogP contribution in [-0.2, 0) is 5.41 Å². The summed E-state index contributed by atoms with van der Waals surface area (Å²) in [5.74, 6) is 1.88. The molecule has 12 rings (SSSR count). The molecule has 0 N–H and O–H groups in total. The van der Waals surface area contributed by atoms with Gasteiger partial charge in [0, 0.05) is 32.9 Å². The highest BCUT2D eigenvalue weighted by atomic mass is 16.3. The van der Waals surface area contributed by atoms with Crippen molar-refractivity contribution in [1.29, 1.82) is 0 Å². The zero-order valence-electron chi connectivity index (χ0n) is 32.5. The second-order valence-corrected chi connectivity index (χ2v) is 16.2. The van der Waals surface area contributed by atoms with E-state index in [1.165, 1.54) is 70.9 Å². The number of hydrogen-bond donors (Lipinski definition) is 0. The molecule has 0 unspecified atom stereocenters. The number of aromatic nitrogens is 3. The molecule has 2 aromatic heterocycles. The first-order valence-corrected chi connectivity index (χ1v) is 20.8. The highest BCUT2D eigenvalue weighted by Gasteiger charge is 2.43. The fourth-order valence-electron chi connectivity index (χ4n) is 10.2.